The highest BCUT2D eigenvalue weighted by Gasteiger charge is 2.15. The van der Waals surface area contributed by atoms with Crippen molar-refractivity contribution >= 4 is 35.1 Å². The lowest BCUT2D eigenvalue weighted by Crippen LogP contribution is -2.13. The molecule has 3 rings (SSSR count). The topological polar surface area (TPSA) is 52.6 Å². The highest BCUT2D eigenvalue weighted by Crippen LogP contribution is 2.24. The summed E-state index contributed by atoms with van der Waals surface area (Å²) in [6.07, 6.45) is 0. The van der Waals surface area contributed by atoms with Gasteiger partial charge in [-0.15, -0.1) is 0 Å². The molecule has 0 saturated carbocycles. The highest BCUT2D eigenvalue weighted by molar-refractivity contribution is 6.31. The van der Waals surface area contributed by atoms with Crippen molar-refractivity contribution in [2.24, 2.45) is 0 Å². The fourth-order valence-corrected chi connectivity index (χ4v) is 3.00. The number of benzene rings is 3. The van der Waals surface area contributed by atoms with Crippen molar-refractivity contribution < 1.29 is 19.1 Å². The Bertz CT molecular complexity index is 979. The van der Waals surface area contributed by atoms with Crippen LogP contribution in [0.4, 0.5) is 0 Å². The van der Waals surface area contributed by atoms with Gasteiger partial charge in [0, 0.05) is 10.0 Å². The van der Waals surface area contributed by atoms with E-state index >= 15 is 0 Å². The SMILES string of the molecule is Cc1cc(Cl)ccc1OC(=O)c1cccc(C(=O)Oc2ccc(Cl)cc2C)c1. The summed E-state index contributed by atoms with van der Waals surface area (Å²) in [4.78, 5) is 24.9. The first kappa shape index (κ1) is 19.9. The van der Waals surface area contributed by atoms with Crippen molar-refractivity contribution in [2.75, 3.05) is 0 Å². The van der Waals surface area contributed by atoms with Crippen molar-refractivity contribution in [3.05, 3.63) is 93.0 Å². The average Bonchev–Trinajstić information content (AvgIpc) is 2.66. The van der Waals surface area contributed by atoms with Crippen LogP contribution in [0.1, 0.15) is 31.8 Å². The Hall–Kier alpha value is -2.82. The molecule has 0 radical (unpaired) electrons. The molecule has 3 aromatic rings. The Morgan fingerprint density at radius 3 is 1.50 bits per heavy atom. The summed E-state index contributed by atoms with van der Waals surface area (Å²) in [7, 11) is 0. The lowest BCUT2D eigenvalue weighted by molar-refractivity contribution is 0.0733. The van der Waals surface area contributed by atoms with Gasteiger partial charge in [-0.3, -0.25) is 0 Å². The zero-order chi connectivity index (χ0) is 20.3. The third-order valence-electron chi connectivity index (χ3n) is 4.01. The van der Waals surface area contributed by atoms with E-state index in [2.05, 4.69) is 0 Å². The van der Waals surface area contributed by atoms with Crippen LogP contribution in [0.3, 0.4) is 0 Å². The van der Waals surface area contributed by atoms with Gasteiger partial charge < -0.3 is 9.47 Å². The molecular formula is C22H16Cl2O4. The molecule has 3 aromatic carbocycles. The molecular weight excluding hydrogens is 399 g/mol. The largest absolute Gasteiger partial charge is 0.423 e. The molecule has 0 aliphatic rings. The number of rotatable bonds is 4. The van der Waals surface area contributed by atoms with Gasteiger partial charge in [0.2, 0.25) is 0 Å². The van der Waals surface area contributed by atoms with E-state index < -0.39 is 11.9 Å². The van der Waals surface area contributed by atoms with Crippen molar-refractivity contribution in [1.82, 2.24) is 0 Å². The summed E-state index contributed by atoms with van der Waals surface area (Å²) in [6, 6.07) is 16.1. The maximum atomic E-state index is 12.5. The summed E-state index contributed by atoms with van der Waals surface area (Å²) in [5, 5.41) is 1.11. The van der Waals surface area contributed by atoms with E-state index in [1.807, 2.05) is 0 Å². The summed E-state index contributed by atoms with van der Waals surface area (Å²) < 4.78 is 10.8. The van der Waals surface area contributed by atoms with Gasteiger partial charge in [-0.2, -0.15) is 0 Å². The Kier molecular flexibility index (Phi) is 6.02. The molecule has 0 bridgehead atoms. The summed E-state index contributed by atoms with van der Waals surface area (Å²) in [6.45, 7) is 3.58. The van der Waals surface area contributed by atoms with Gasteiger partial charge >= 0.3 is 11.9 Å². The molecule has 6 heteroatoms. The second-order valence-electron chi connectivity index (χ2n) is 6.18. The Morgan fingerprint density at radius 2 is 1.11 bits per heavy atom. The molecule has 0 fully saturated rings. The third-order valence-corrected chi connectivity index (χ3v) is 4.48. The van der Waals surface area contributed by atoms with E-state index in [1.165, 1.54) is 6.07 Å². The first-order valence-electron chi connectivity index (χ1n) is 8.40. The highest BCUT2D eigenvalue weighted by atomic mass is 35.5. The number of hydrogen-bond donors (Lipinski definition) is 0. The summed E-state index contributed by atoms with van der Waals surface area (Å²) in [5.74, 6) is -0.358. The number of esters is 2. The van der Waals surface area contributed by atoms with E-state index in [9.17, 15) is 9.59 Å². The molecule has 142 valence electrons. The van der Waals surface area contributed by atoms with Gasteiger partial charge in [0.05, 0.1) is 11.1 Å². The second-order valence-corrected chi connectivity index (χ2v) is 7.05. The summed E-state index contributed by atoms with van der Waals surface area (Å²) in [5.41, 5.74) is 1.93. The van der Waals surface area contributed by atoms with Crippen LogP contribution in [0.5, 0.6) is 11.5 Å². The van der Waals surface area contributed by atoms with Crippen LogP contribution in [0, 0.1) is 13.8 Å². The number of carbonyl (C=O) groups is 2. The van der Waals surface area contributed by atoms with Crippen molar-refractivity contribution in [2.45, 2.75) is 13.8 Å². The molecule has 0 atom stereocenters. The normalized spacial score (nSPS) is 10.4. The van der Waals surface area contributed by atoms with Gasteiger partial charge in [-0.25, -0.2) is 9.59 Å². The lowest BCUT2D eigenvalue weighted by Gasteiger charge is -2.10. The van der Waals surface area contributed by atoms with Crippen LogP contribution in [-0.2, 0) is 0 Å². The van der Waals surface area contributed by atoms with Crippen LogP contribution in [0.15, 0.2) is 60.7 Å². The van der Waals surface area contributed by atoms with Gasteiger partial charge in [-0.1, -0.05) is 29.3 Å². The molecule has 0 aliphatic heterocycles. The van der Waals surface area contributed by atoms with E-state index in [0.717, 1.165) is 11.1 Å². The standard InChI is InChI=1S/C22H16Cl2O4/c1-13-10-17(23)6-8-19(13)27-21(25)15-4-3-5-16(12-15)22(26)28-20-9-7-18(24)11-14(20)2/h3-12H,1-2H3. The molecule has 0 unspecified atom stereocenters. The van der Waals surface area contributed by atoms with E-state index in [0.29, 0.717) is 21.5 Å². The Balaban J connectivity index is 1.77. The zero-order valence-electron chi connectivity index (χ0n) is 15.2. The number of aryl methyl sites for hydroxylation is 2. The smallest absolute Gasteiger partial charge is 0.343 e. The van der Waals surface area contributed by atoms with Crippen LogP contribution < -0.4 is 9.47 Å². The third kappa shape index (κ3) is 4.71. The van der Waals surface area contributed by atoms with E-state index in [4.69, 9.17) is 32.7 Å². The first-order chi connectivity index (χ1) is 13.3. The van der Waals surface area contributed by atoms with E-state index in [1.54, 1.807) is 68.4 Å². The maximum Gasteiger partial charge on any atom is 0.343 e. The fourth-order valence-electron chi connectivity index (χ4n) is 2.55. The van der Waals surface area contributed by atoms with Gasteiger partial charge in [0.15, 0.2) is 0 Å². The molecule has 0 aromatic heterocycles. The molecule has 0 heterocycles. The predicted molar refractivity (Wildman–Crippen MR) is 109 cm³/mol. The zero-order valence-corrected chi connectivity index (χ0v) is 16.7. The summed E-state index contributed by atoms with van der Waals surface area (Å²) >= 11 is 11.8. The van der Waals surface area contributed by atoms with Crippen LogP contribution in [0.2, 0.25) is 10.0 Å². The molecule has 4 nitrogen and oxygen atoms in total. The fraction of sp³-hybridized carbons (Fsp3) is 0.0909. The number of ether oxygens (including phenoxy) is 2. The molecule has 28 heavy (non-hydrogen) atoms. The monoisotopic (exact) mass is 414 g/mol. The Labute approximate surface area is 172 Å². The predicted octanol–water partition coefficient (Wildman–Crippen LogP) is 6.05. The minimum Gasteiger partial charge on any atom is -0.423 e. The van der Waals surface area contributed by atoms with Gasteiger partial charge in [0.25, 0.3) is 0 Å². The van der Waals surface area contributed by atoms with Gasteiger partial charge in [-0.05, 0) is 79.6 Å². The minimum absolute atomic E-state index is 0.233. The maximum absolute atomic E-state index is 12.5. The molecule has 0 saturated heterocycles. The molecule has 0 spiro atoms. The van der Waals surface area contributed by atoms with Crippen LogP contribution in [0.25, 0.3) is 0 Å². The minimum atomic E-state index is -0.581. The average molecular weight is 415 g/mol. The molecule has 0 aliphatic carbocycles. The molecule has 0 amide bonds. The van der Waals surface area contributed by atoms with Crippen molar-refractivity contribution in [3.8, 4) is 11.5 Å². The van der Waals surface area contributed by atoms with E-state index in [-0.39, 0.29) is 11.1 Å². The lowest BCUT2D eigenvalue weighted by atomic mass is 10.1. The Morgan fingerprint density at radius 1 is 0.679 bits per heavy atom. The quantitative estimate of drug-likeness (QED) is 0.385. The number of halogens is 2. The van der Waals surface area contributed by atoms with Gasteiger partial charge in [0.1, 0.15) is 11.5 Å². The van der Waals surface area contributed by atoms with Crippen molar-refractivity contribution in [3.63, 3.8) is 0 Å². The number of carbonyl (C=O) groups excluding carboxylic acids is 2. The van der Waals surface area contributed by atoms with Crippen LogP contribution in [-0.4, -0.2) is 11.9 Å². The molecule has 0 N–H and O–H groups in total. The first-order valence-corrected chi connectivity index (χ1v) is 9.16. The van der Waals surface area contributed by atoms with Crippen molar-refractivity contribution in [1.29, 1.82) is 0 Å². The number of hydrogen-bond acceptors (Lipinski definition) is 4. The second kappa shape index (κ2) is 8.46. The van der Waals surface area contributed by atoms with Crippen LogP contribution >= 0.6 is 23.2 Å².